The maximum atomic E-state index is 13.3. The number of carbonyl (C=O) groups is 1. The molecule has 5 nitrogen and oxygen atoms in total. The lowest BCUT2D eigenvalue weighted by Crippen LogP contribution is -2.12. The second kappa shape index (κ2) is 5.38. The molecule has 0 aliphatic heterocycles. The predicted octanol–water partition coefficient (Wildman–Crippen LogP) is 1.69. The van der Waals surface area contributed by atoms with E-state index in [0.717, 1.165) is 6.07 Å². The van der Waals surface area contributed by atoms with Crippen LogP contribution in [0.4, 0.5) is 4.39 Å². The number of rotatable bonds is 4. The molecule has 100 valence electrons. The molecule has 0 fully saturated rings. The van der Waals surface area contributed by atoms with Gasteiger partial charge in [-0.2, -0.15) is 0 Å². The Hall–Kier alpha value is -1.92. The van der Waals surface area contributed by atoms with Crippen molar-refractivity contribution in [2.45, 2.75) is 5.92 Å². The quantitative estimate of drug-likeness (QED) is 0.894. The normalized spacial score (nSPS) is 12.4. The van der Waals surface area contributed by atoms with Gasteiger partial charge >= 0.3 is 5.91 Å². The van der Waals surface area contributed by atoms with Crippen LogP contribution in [0.1, 0.15) is 27.9 Å². The molecular weight excluding hydrogens is 275 g/mol. The number of hydrogen-bond acceptors (Lipinski definition) is 4. The van der Waals surface area contributed by atoms with E-state index in [4.69, 9.17) is 21.8 Å². The fourth-order valence-corrected chi connectivity index (χ4v) is 1.94. The molecule has 0 spiro atoms. The number of aliphatic hydroxyl groups is 1. The third-order valence-electron chi connectivity index (χ3n) is 2.56. The van der Waals surface area contributed by atoms with Crippen LogP contribution >= 0.6 is 11.6 Å². The minimum absolute atomic E-state index is 0.201. The average Bonchev–Trinajstić information content (AvgIpc) is 2.78. The molecule has 0 aliphatic carbocycles. The van der Waals surface area contributed by atoms with Gasteiger partial charge in [0.25, 0.3) is 5.89 Å². The number of benzene rings is 1. The van der Waals surface area contributed by atoms with Gasteiger partial charge in [0.05, 0.1) is 18.2 Å². The summed E-state index contributed by atoms with van der Waals surface area (Å²) in [5.41, 5.74) is 5.72. The van der Waals surface area contributed by atoms with Gasteiger partial charge in [0, 0.05) is 5.02 Å². The number of aromatic nitrogens is 1. The van der Waals surface area contributed by atoms with Crippen LogP contribution in [0.15, 0.2) is 28.9 Å². The molecule has 19 heavy (non-hydrogen) atoms. The van der Waals surface area contributed by atoms with Crippen LogP contribution in [0, 0.1) is 5.82 Å². The lowest BCUT2D eigenvalue weighted by Gasteiger charge is -2.11. The number of nitrogens with zero attached hydrogens (tertiary/aromatic N) is 1. The van der Waals surface area contributed by atoms with Crippen molar-refractivity contribution in [1.82, 2.24) is 4.98 Å². The second-order valence-electron chi connectivity index (χ2n) is 3.88. The molecule has 1 atom stereocenters. The van der Waals surface area contributed by atoms with Gasteiger partial charge in [-0.15, -0.1) is 0 Å². The van der Waals surface area contributed by atoms with Gasteiger partial charge in [0.2, 0.25) is 0 Å². The van der Waals surface area contributed by atoms with E-state index < -0.39 is 17.6 Å². The lowest BCUT2D eigenvalue weighted by molar-refractivity contribution is 0.0967. The molecule has 2 aromatic rings. The Morgan fingerprint density at radius 2 is 2.26 bits per heavy atom. The second-order valence-corrected chi connectivity index (χ2v) is 4.32. The van der Waals surface area contributed by atoms with E-state index in [9.17, 15) is 14.3 Å². The number of aliphatic hydroxyl groups excluding tert-OH is 1. The van der Waals surface area contributed by atoms with Crippen LogP contribution in [0.25, 0.3) is 0 Å². The highest BCUT2D eigenvalue weighted by atomic mass is 35.5. The Morgan fingerprint density at radius 1 is 1.53 bits per heavy atom. The van der Waals surface area contributed by atoms with Gasteiger partial charge in [0.1, 0.15) is 12.1 Å². The highest BCUT2D eigenvalue weighted by Gasteiger charge is 2.20. The number of hydrogen-bond donors (Lipinski definition) is 2. The maximum Gasteiger partial charge on any atom is 0.304 e. The number of halogens is 2. The maximum absolute atomic E-state index is 13.3. The van der Waals surface area contributed by atoms with Crippen molar-refractivity contribution in [3.8, 4) is 0 Å². The van der Waals surface area contributed by atoms with Crippen LogP contribution in [0.2, 0.25) is 5.02 Å². The molecule has 1 heterocycles. The van der Waals surface area contributed by atoms with E-state index >= 15 is 0 Å². The Morgan fingerprint density at radius 3 is 2.79 bits per heavy atom. The number of amides is 1. The summed E-state index contributed by atoms with van der Waals surface area (Å²) in [5, 5.41) is 9.60. The zero-order valence-electron chi connectivity index (χ0n) is 9.64. The van der Waals surface area contributed by atoms with Gasteiger partial charge in [-0.05, 0) is 23.8 Å². The highest BCUT2D eigenvalue weighted by molar-refractivity contribution is 6.30. The molecule has 0 bridgehead atoms. The fraction of sp³-hybridized carbons (Fsp3) is 0.167. The summed E-state index contributed by atoms with van der Waals surface area (Å²) in [6.07, 6.45) is 1.19. The molecule has 1 unspecified atom stereocenters. The van der Waals surface area contributed by atoms with E-state index in [-0.39, 0.29) is 23.2 Å². The van der Waals surface area contributed by atoms with Crippen molar-refractivity contribution in [3.05, 3.63) is 52.5 Å². The first-order chi connectivity index (χ1) is 9.01. The van der Waals surface area contributed by atoms with Gasteiger partial charge in [-0.1, -0.05) is 11.6 Å². The molecular formula is C12H10ClFN2O3. The van der Waals surface area contributed by atoms with Crippen LogP contribution < -0.4 is 5.73 Å². The SMILES string of the molecule is NC(=O)c1nc(C(CO)c2cc(F)cc(Cl)c2)co1. The van der Waals surface area contributed by atoms with Crippen LogP contribution in [0.3, 0.4) is 0 Å². The summed E-state index contributed by atoms with van der Waals surface area (Å²) >= 11 is 5.75. The standard InChI is InChI=1S/C12H10ClFN2O3/c13-7-1-6(2-8(14)3-7)9(4-17)10-5-19-12(16-10)11(15)18/h1-3,5,9,17H,4H2,(H2,15,18). The molecule has 1 aromatic carbocycles. The Bertz CT molecular complexity index is 595. The zero-order chi connectivity index (χ0) is 14.0. The van der Waals surface area contributed by atoms with E-state index in [1.807, 2.05) is 0 Å². The molecule has 1 aromatic heterocycles. The van der Waals surface area contributed by atoms with Gasteiger partial charge < -0.3 is 15.3 Å². The predicted molar refractivity (Wildman–Crippen MR) is 65.4 cm³/mol. The minimum atomic E-state index is -0.819. The Kier molecular flexibility index (Phi) is 3.82. The number of carbonyl (C=O) groups excluding carboxylic acids is 1. The summed E-state index contributed by atoms with van der Waals surface area (Å²) in [4.78, 5) is 14.7. The van der Waals surface area contributed by atoms with Crippen molar-refractivity contribution < 1.29 is 18.7 Å². The van der Waals surface area contributed by atoms with Gasteiger partial charge in [-0.25, -0.2) is 9.37 Å². The molecule has 3 N–H and O–H groups in total. The summed E-state index contributed by atoms with van der Waals surface area (Å²) in [6.45, 7) is -0.343. The van der Waals surface area contributed by atoms with E-state index in [1.165, 1.54) is 18.4 Å². The van der Waals surface area contributed by atoms with E-state index in [2.05, 4.69) is 4.98 Å². The number of oxazole rings is 1. The third kappa shape index (κ3) is 2.91. The van der Waals surface area contributed by atoms with Gasteiger partial charge in [-0.3, -0.25) is 4.79 Å². The first kappa shape index (κ1) is 13.5. The third-order valence-corrected chi connectivity index (χ3v) is 2.78. The van der Waals surface area contributed by atoms with Crippen molar-refractivity contribution >= 4 is 17.5 Å². The largest absolute Gasteiger partial charge is 0.441 e. The first-order valence-corrected chi connectivity index (χ1v) is 5.71. The van der Waals surface area contributed by atoms with Crippen LogP contribution in [0.5, 0.6) is 0 Å². The molecule has 0 saturated carbocycles. The zero-order valence-corrected chi connectivity index (χ0v) is 10.4. The summed E-state index contributed by atoms with van der Waals surface area (Å²) in [7, 11) is 0. The average molecular weight is 285 g/mol. The van der Waals surface area contributed by atoms with Crippen molar-refractivity contribution in [2.75, 3.05) is 6.61 Å². The fourth-order valence-electron chi connectivity index (χ4n) is 1.71. The molecule has 0 aliphatic rings. The monoisotopic (exact) mass is 284 g/mol. The molecule has 2 rings (SSSR count). The number of nitrogens with two attached hydrogens (primary N) is 1. The summed E-state index contributed by atoms with van der Waals surface area (Å²) < 4.78 is 18.2. The minimum Gasteiger partial charge on any atom is -0.441 e. The smallest absolute Gasteiger partial charge is 0.304 e. The van der Waals surface area contributed by atoms with Crippen LogP contribution in [-0.2, 0) is 0 Å². The highest BCUT2D eigenvalue weighted by Crippen LogP contribution is 2.26. The molecule has 0 saturated heterocycles. The van der Waals surface area contributed by atoms with E-state index in [0.29, 0.717) is 5.56 Å². The molecule has 1 amide bonds. The number of primary amides is 1. The summed E-state index contributed by atoms with van der Waals surface area (Å²) in [6, 6.07) is 3.88. The molecule has 7 heteroatoms. The van der Waals surface area contributed by atoms with Crippen LogP contribution in [-0.4, -0.2) is 22.6 Å². The van der Waals surface area contributed by atoms with Crippen molar-refractivity contribution in [1.29, 1.82) is 0 Å². The molecule has 0 radical (unpaired) electrons. The van der Waals surface area contributed by atoms with Crippen molar-refractivity contribution in [2.24, 2.45) is 5.73 Å². The lowest BCUT2D eigenvalue weighted by atomic mass is 9.97. The van der Waals surface area contributed by atoms with E-state index in [1.54, 1.807) is 0 Å². The Balaban J connectivity index is 2.40. The van der Waals surface area contributed by atoms with Crippen molar-refractivity contribution in [3.63, 3.8) is 0 Å². The first-order valence-electron chi connectivity index (χ1n) is 5.33. The van der Waals surface area contributed by atoms with Gasteiger partial charge in [0.15, 0.2) is 0 Å². The summed E-state index contributed by atoms with van der Waals surface area (Å²) in [5.74, 6) is -2.26. The Labute approximate surface area is 112 Å². The topological polar surface area (TPSA) is 89.4 Å².